The molecule has 7 nitrogen and oxygen atoms in total. The molecule has 28 heavy (non-hydrogen) atoms. The van der Waals surface area contributed by atoms with E-state index in [1.54, 1.807) is 46.2 Å². The highest BCUT2D eigenvalue weighted by molar-refractivity contribution is 7.53. The maximum Gasteiger partial charge on any atom is 0.335 e. The number of nitrogens with zero attached hydrogens (tertiary/aromatic N) is 2. The molecule has 0 N–H and O–H groups in total. The summed E-state index contributed by atoms with van der Waals surface area (Å²) in [5, 5.41) is 0.500. The van der Waals surface area contributed by atoms with Gasteiger partial charge in [0.15, 0.2) is 5.82 Å². The maximum atomic E-state index is 12.8. The zero-order valence-corrected chi connectivity index (χ0v) is 18.0. The number of aromatic nitrogens is 2. The lowest BCUT2D eigenvalue weighted by Crippen LogP contribution is -2.20. The normalized spacial score (nSPS) is 11.9. The Hall–Kier alpha value is -1.99. The van der Waals surface area contributed by atoms with Gasteiger partial charge in [0.1, 0.15) is 11.3 Å². The van der Waals surface area contributed by atoms with Crippen LogP contribution in [0.25, 0.3) is 21.6 Å². The zero-order valence-electron chi connectivity index (χ0n) is 16.3. The van der Waals surface area contributed by atoms with Crippen LogP contribution in [0, 0.1) is 0 Å². The highest BCUT2D eigenvalue weighted by atomic mass is 32.1. The number of hydrogen-bond donors (Lipinski definition) is 0. The second-order valence-electron chi connectivity index (χ2n) is 6.03. The van der Waals surface area contributed by atoms with Crippen LogP contribution in [-0.4, -0.2) is 29.9 Å². The molecule has 0 aliphatic rings. The summed E-state index contributed by atoms with van der Waals surface area (Å²) in [7, 11) is 0.0489. The van der Waals surface area contributed by atoms with Gasteiger partial charge in [-0.1, -0.05) is 6.07 Å². The highest BCUT2D eigenvalue weighted by Gasteiger charge is 2.25. The Morgan fingerprint density at radius 1 is 1.14 bits per heavy atom. The third-order valence-corrected chi connectivity index (χ3v) is 7.50. The summed E-state index contributed by atoms with van der Waals surface area (Å²) in [6, 6.07) is 9.01. The van der Waals surface area contributed by atoms with Crippen LogP contribution in [0.3, 0.4) is 0 Å². The van der Waals surface area contributed by atoms with Gasteiger partial charge in [0, 0.05) is 11.9 Å². The van der Waals surface area contributed by atoms with E-state index in [-0.39, 0.29) is 11.7 Å². The minimum Gasteiger partial charge on any atom is -0.494 e. The Kier molecular flexibility index (Phi) is 6.35. The van der Waals surface area contributed by atoms with Gasteiger partial charge in [0.25, 0.3) is 5.56 Å². The van der Waals surface area contributed by atoms with E-state index in [1.165, 1.54) is 15.9 Å². The molecule has 0 spiro atoms. The summed E-state index contributed by atoms with van der Waals surface area (Å²) < 4.78 is 30.4. The Morgan fingerprint density at radius 2 is 1.86 bits per heavy atom. The Morgan fingerprint density at radius 3 is 2.50 bits per heavy atom. The molecule has 0 aliphatic carbocycles. The minimum atomic E-state index is -3.19. The average Bonchev–Trinajstić information content (AvgIpc) is 3.12. The lowest BCUT2D eigenvalue weighted by Gasteiger charge is -2.15. The first-order valence-corrected chi connectivity index (χ1v) is 11.5. The number of rotatable bonds is 8. The Balaban J connectivity index is 2.04. The van der Waals surface area contributed by atoms with Crippen molar-refractivity contribution in [2.75, 3.05) is 20.3 Å². The van der Waals surface area contributed by atoms with Crippen molar-refractivity contribution < 1.29 is 18.3 Å². The zero-order chi connectivity index (χ0) is 20.3. The molecule has 0 unspecified atom stereocenters. The highest BCUT2D eigenvalue weighted by Crippen LogP contribution is 2.52. The second-order valence-corrected chi connectivity index (χ2v) is 9.25. The summed E-state index contributed by atoms with van der Waals surface area (Å²) in [5.41, 5.74) is 0.371. The van der Waals surface area contributed by atoms with Gasteiger partial charge >= 0.3 is 7.60 Å². The van der Waals surface area contributed by atoms with Crippen molar-refractivity contribution >= 4 is 29.8 Å². The Bertz CT molecular complexity index is 1080. The largest absolute Gasteiger partial charge is 0.494 e. The van der Waals surface area contributed by atoms with Crippen LogP contribution in [0.4, 0.5) is 0 Å². The molecule has 0 bridgehead atoms. The molecule has 2 aromatic heterocycles. The van der Waals surface area contributed by atoms with Gasteiger partial charge < -0.3 is 13.8 Å². The molecule has 9 heteroatoms. The number of fused-ring (bicyclic) bond motifs is 1. The standard InChI is InChI=1S/C19H23N2O5PS/c1-5-25-27(23,26-6-2)12-13-10-11-16(28-13)18-20-17-14(19(22)21(18)3)8-7-9-15(17)24-4/h7-11H,5-6,12H2,1-4H3. The van der Waals surface area contributed by atoms with E-state index in [0.29, 0.717) is 35.7 Å². The van der Waals surface area contributed by atoms with Crippen molar-refractivity contribution in [1.29, 1.82) is 0 Å². The molecule has 0 saturated carbocycles. The van der Waals surface area contributed by atoms with Gasteiger partial charge in [0.05, 0.1) is 36.7 Å². The van der Waals surface area contributed by atoms with Crippen LogP contribution < -0.4 is 10.3 Å². The molecule has 3 rings (SSSR count). The maximum absolute atomic E-state index is 12.8. The molecule has 150 valence electrons. The van der Waals surface area contributed by atoms with Gasteiger partial charge in [0.2, 0.25) is 0 Å². The van der Waals surface area contributed by atoms with E-state index in [1.807, 2.05) is 12.1 Å². The van der Waals surface area contributed by atoms with Crippen molar-refractivity contribution in [1.82, 2.24) is 9.55 Å². The Labute approximate surface area is 167 Å². The molecule has 0 radical (unpaired) electrons. The number of methoxy groups -OCH3 is 1. The van der Waals surface area contributed by atoms with E-state index in [0.717, 1.165) is 9.75 Å². The number of benzene rings is 1. The van der Waals surface area contributed by atoms with Gasteiger partial charge in [-0.2, -0.15) is 0 Å². The molecule has 0 fully saturated rings. The predicted molar refractivity (Wildman–Crippen MR) is 111 cm³/mol. The fourth-order valence-electron chi connectivity index (χ4n) is 2.95. The van der Waals surface area contributed by atoms with E-state index in [4.69, 9.17) is 13.8 Å². The smallest absolute Gasteiger partial charge is 0.335 e. The van der Waals surface area contributed by atoms with Crippen LogP contribution in [0.2, 0.25) is 0 Å². The molecular weight excluding hydrogens is 399 g/mol. The molecule has 1 aromatic carbocycles. The monoisotopic (exact) mass is 422 g/mol. The fourth-order valence-corrected chi connectivity index (χ4v) is 6.04. The lowest BCUT2D eigenvalue weighted by molar-refractivity contribution is 0.219. The first kappa shape index (κ1) is 20.7. The van der Waals surface area contributed by atoms with Crippen molar-refractivity contribution in [2.24, 2.45) is 7.05 Å². The quantitative estimate of drug-likeness (QED) is 0.500. The van der Waals surface area contributed by atoms with E-state index >= 15 is 0 Å². The average molecular weight is 422 g/mol. The summed E-state index contributed by atoms with van der Waals surface area (Å²) in [5.74, 6) is 1.08. The molecular formula is C19H23N2O5PS. The first-order chi connectivity index (χ1) is 13.4. The summed E-state index contributed by atoms with van der Waals surface area (Å²) in [6.45, 7) is 4.20. The first-order valence-electron chi connectivity index (χ1n) is 8.93. The van der Waals surface area contributed by atoms with Crippen molar-refractivity contribution in [2.45, 2.75) is 20.0 Å². The lowest BCUT2D eigenvalue weighted by atomic mass is 10.2. The topological polar surface area (TPSA) is 79.7 Å². The van der Waals surface area contributed by atoms with Crippen LogP contribution >= 0.6 is 18.9 Å². The van der Waals surface area contributed by atoms with Crippen molar-refractivity contribution in [3.05, 3.63) is 45.6 Å². The van der Waals surface area contributed by atoms with Gasteiger partial charge in [-0.05, 0) is 38.1 Å². The van der Waals surface area contributed by atoms with Crippen molar-refractivity contribution in [3.63, 3.8) is 0 Å². The third-order valence-electron chi connectivity index (χ3n) is 4.17. The van der Waals surface area contributed by atoms with Gasteiger partial charge in [-0.25, -0.2) is 4.98 Å². The summed E-state index contributed by atoms with van der Waals surface area (Å²) in [6.07, 6.45) is 0.185. The number of ether oxygens (including phenoxy) is 1. The summed E-state index contributed by atoms with van der Waals surface area (Å²) in [4.78, 5) is 19.1. The molecule has 0 saturated heterocycles. The van der Waals surface area contributed by atoms with Crippen molar-refractivity contribution in [3.8, 4) is 16.5 Å². The van der Waals surface area contributed by atoms with Gasteiger partial charge in [-0.3, -0.25) is 13.9 Å². The van der Waals surface area contributed by atoms with Crippen LogP contribution in [0.1, 0.15) is 18.7 Å². The minimum absolute atomic E-state index is 0.150. The second kappa shape index (κ2) is 8.57. The molecule has 2 heterocycles. The van der Waals surface area contributed by atoms with E-state index < -0.39 is 7.60 Å². The SMILES string of the molecule is CCOP(=O)(Cc1ccc(-c2nc3c(OC)cccc3c(=O)n2C)s1)OCC. The van der Waals surface area contributed by atoms with Crippen LogP contribution in [0.5, 0.6) is 5.75 Å². The predicted octanol–water partition coefficient (Wildman–Crippen LogP) is 4.44. The van der Waals surface area contributed by atoms with Crippen LogP contribution in [0.15, 0.2) is 35.1 Å². The molecule has 3 aromatic rings. The number of para-hydroxylation sites is 1. The number of thiophene rings is 1. The van der Waals surface area contributed by atoms with E-state index in [2.05, 4.69) is 4.98 Å². The molecule has 0 aliphatic heterocycles. The fraction of sp³-hybridized carbons (Fsp3) is 0.368. The number of hydrogen-bond acceptors (Lipinski definition) is 7. The molecule has 0 atom stereocenters. The van der Waals surface area contributed by atoms with Crippen LogP contribution in [-0.2, 0) is 26.8 Å². The third kappa shape index (κ3) is 4.05. The van der Waals surface area contributed by atoms with E-state index in [9.17, 15) is 9.36 Å². The van der Waals surface area contributed by atoms with Gasteiger partial charge in [-0.15, -0.1) is 11.3 Å². The summed E-state index contributed by atoms with van der Waals surface area (Å²) >= 11 is 1.41. The molecule has 0 amide bonds.